The maximum Gasteiger partial charge on any atom is 0.0598 e. The summed E-state index contributed by atoms with van der Waals surface area (Å²) in [5, 5.41) is 3.42. The van der Waals surface area contributed by atoms with Gasteiger partial charge in [-0.25, -0.2) is 0 Å². The molecule has 0 atom stereocenters. The van der Waals surface area contributed by atoms with Gasteiger partial charge in [0.15, 0.2) is 0 Å². The van der Waals surface area contributed by atoms with Gasteiger partial charge >= 0.3 is 0 Å². The van der Waals surface area contributed by atoms with Crippen LogP contribution < -0.4 is 5.32 Å². The first-order chi connectivity index (χ1) is 7.28. The van der Waals surface area contributed by atoms with Crippen molar-refractivity contribution in [3.8, 4) is 0 Å². The fourth-order valence-electron chi connectivity index (χ4n) is 1.96. The highest BCUT2D eigenvalue weighted by molar-refractivity contribution is 9.10. The van der Waals surface area contributed by atoms with Gasteiger partial charge in [-0.05, 0) is 18.2 Å². The molecule has 0 saturated carbocycles. The molecule has 0 aromatic heterocycles. The Morgan fingerprint density at radius 1 is 1.40 bits per heavy atom. The number of rotatable bonds is 4. The van der Waals surface area contributed by atoms with Crippen LogP contribution in [-0.2, 0) is 10.2 Å². The Morgan fingerprint density at radius 2 is 2.13 bits per heavy atom. The van der Waals surface area contributed by atoms with Crippen LogP contribution >= 0.6 is 15.9 Å². The van der Waals surface area contributed by atoms with E-state index in [1.54, 1.807) is 0 Å². The van der Waals surface area contributed by atoms with E-state index in [1.807, 2.05) is 6.07 Å². The van der Waals surface area contributed by atoms with E-state index in [9.17, 15) is 0 Å². The highest BCUT2D eigenvalue weighted by Gasteiger charge is 2.40. The molecule has 0 unspecified atom stereocenters. The standard InChI is InChI=1S/C12H16BrNO/c1-2-14-7-12(8-15-9-12)10-5-3-4-6-11(10)13/h3-6,14H,2,7-9H2,1H3. The molecule has 1 aromatic rings. The molecule has 1 aliphatic heterocycles. The van der Waals surface area contributed by atoms with Crippen molar-refractivity contribution in [2.45, 2.75) is 12.3 Å². The third-order valence-electron chi connectivity index (χ3n) is 2.92. The van der Waals surface area contributed by atoms with E-state index in [0.717, 1.165) is 26.3 Å². The summed E-state index contributed by atoms with van der Waals surface area (Å²) in [6.07, 6.45) is 0. The van der Waals surface area contributed by atoms with Gasteiger partial charge in [-0.1, -0.05) is 41.1 Å². The van der Waals surface area contributed by atoms with Crippen molar-refractivity contribution >= 4 is 15.9 Å². The first kappa shape index (κ1) is 11.1. The Morgan fingerprint density at radius 3 is 2.67 bits per heavy atom. The van der Waals surface area contributed by atoms with Crippen molar-refractivity contribution in [2.75, 3.05) is 26.3 Å². The highest BCUT2D eigenvalue weighted by Crippen LogP contribution is 2.36. The number of hydrogen-bond acceptors (Lipinski definition) is 2. The van der Waals surface area contributed by atoms with Gasteiger partial charge in [-0.15, -0.1) is 0 Å². The molecule has 0 amide bonds. The SMILES string of the molecule is CCNCC1(c2ccccc2Br)COC1. The number of nitrogens with one attached hydrogen (secondary N) is 1. The predicted molar refractivity (Wildman–Crippen MR) is 65.2 cm³/mol. The van der Waals surface area contributed by atoms with E-state index in [4.69, 9.17) is 4.74 Å². The van der Waals surface area contributed by atoms with E-state index in [1.165, 1.54) is 10.0 Å². The molecular formula is C12H16BrNO. The summed E-state index contributed by atoms with van der Waals surface area (Å²) in [7, 11) is 0. The largest absolute Gasteiger partial charge is 0.379 e. The third kappa shape index (κ3) is 2.10. The lowest BCUT2D eigenvalue weighted by Gasteiger charge is -2.42. The molecule has 0 spiro atoms. The lowest BCUT2D eigenvalue weighted by Crippen LogP contribution is -2.53. The van der Waals surface area contributed by atoms with Gasteiger partial charge in [0.1, 0.15) is 0 Å². The van der Waals surface area contributed by atoms with Gasteiger partial charge in [0.2, 0.25) is 0 Å². The summed E-state index contributed by atoms with van der Waals surface area (Å²) in [4.78, 5) is 0. The Balaban J connectivity index is 2.22. The molecule has 1 fully saturated rings. The monoisotopic (exact) mass is 269 g/mol. The van der Waals surface area contributed by atoms with Gasteiger partial charge in [0.25, 0.3) is 0 Å². The van der Waals surface area contributed by atoms with Crippen LogP contribution in [0.3, 0.4) is 0 Å². The molecule has 0 radical (unpaired) electrons. The number of halogens is 1. The van der Waals surface area contributed by atoms with Crippen molar-refractivity contribution < 1.29 is 4.74 Å². The van der Waals surface area contributed by atoms with Crippen molar-refractivity contribution in [2.24, 2.45) is 0 Å². The lowest BCUT2D eigenvalue weighted by atomic mass is 9.78. The zero-order chi connectivity index (χ0) is 10.7. The minimum absolute atomic E-state index is 0.177. The van der Waals surface area contributed by atoms with Crippen LogP contribution in [0.5, 0.6) is 0 Å². The van der Waals surface area contributed by atoms with Crippen molar-refractivity contribution in [1.29, 1.82) is 0 Å². The Labute approximate surface area is 99.1 Å². The van der Waals surface area contributed by atoms with Crippen LogP contribution in [0.1, 0.15) is 12.5 Å². The molecule has 0 bridgehead atoms. The summed E-state index contributed by atoms with van der Waals surface area (Å²) < 4.78 is 6.57. The smallest absolute Gasteiger partial charge is 0.0598 e. The average Bonchev–Trinajstić information content (AvgIpc) is 2.19. The number of ether oxygens (including phenoxy) is 1. The van der Waals surface area contributed by atoms with Gasteiger partial charge in [0, 0.05) is 11.0 Å². The van der Waals surface area contributed by atoms with Gasteiger partial charge in [0.05, 0.1) is 18.6 Å². The van der Waals surface area contributed by atoms with Crippen molar-refractivity contribution in [3.63, 3.8) is 0 Å². The minimum atomic E-state index is 0.177. The highest BCUT2D eigenvalue weighted by atomic mass is 79.9. The zero-order valence-corrected chi connectivity index (χ0v) is 10.5. The fourth-order valence-corrected chi connectivity index (χ4v) is 2.66. The molecule has 3 heteroatoms. The molecule has 0 aliphatic carbocycles. The van der Waals surface area contributed by atoms with Crippen LogP contribution in [0, 0.1) is 0 Å². The summed E-state index contributed by atoms with van der Waals surface area (Å²) in [6, 6.07) is 8.42. The molecule has 2 nitrogen and oxygen atoms in total. The zero-order valence-electron chi connectivity index (χ0n) is 8.92. The second kappa shape index (κ2) is 4.64. The topological polar surface area (TPSA) is 21.3 Å². The third-order valence-corrected chi connectivity index (χ3v) is 3.61. The Kier molecular flexibility index (Phi) is 3.44. The van der Waals surface area contributed by atoms with Crippen LogP contribution in [0.4, 0.5) is 0 Å². The number of likely N-dealkylation sites (N-methyl/N-ethyl adjacent to an activating group) is 1. The van der Waals surface area contributed by atoms with E-state index in [2.05, 4.69) is 46.4 Å². The van der Waals surface area contributed by atoms with E-state index >= 15 is 0 Å². The Bertz CT molecular complexity index is 336. The summed E-state index contributed by atoms with van der Waals surface area (Å²) in [5.41, 5.74) is 1.54. The average molecular weight is 270 g/mol. The molecule has 1 aromatic carbocycles. The molecule has 1 heterocycles. The first-order valence-corrected chi connectivity index (χ1v) is 6.11. The van der Waals surface area contributed by atoms with E-state index in [0.29, 0.717) is 0 Å². The van der Waals surface area contributed by atoms with E-state index < -0.39 is 0 Å². The molecule has 82 valence electrons. The van der Waals surface area contributed by atoms with Gasteiger partial charge in [-0.3, -0.25) is 0 Å². The van der Waals surface area contributed by atoms with E-state index in [-0.39, 0.29) is 5.41 Å². The molecule has 1 saturated heterocycles. The molecular weight excluding hydrogens is 254 g/mol. The van der Waals surface area contributed by atoms with Crippen LogP contribution in [0.2, 0.25) is 0 Å². The first-order valence-electron chi connectivity index (χ1n) is 5.32. The summed E-state index contributed by atoms with van der Waals surface area (Å²) in [5.74, 6) is 0. The van der Waals surface area contributed by atoms with Crippen molar-refractivity contribution in [1.82, 2.24) is 5.32 Å². The minimum Gasteiger partial charge on any atom is -0.379 e. The van der Waals surface area contributed by atoms with Crippen molar-refractivity contribution in [3.05, 3.63) is 34.3 Å². The molecule has 2 rings (SSSR count). The van der Waals surface area contributed by atoms with Crippen LogP contribution in [0.15, 0.2) is 28.7 Å². The molecule has 1 aliphatic rings. The Hall–Kier alpha value is -0.380. The van der Waals surface area contributed by atoms with Crippen LogP contribution in [0.25, 0.3) is 0 Å². The summed E-state index contributed by atoms with van der Waals surface area (Å²) >= 11 is 3.62. The molecule has 1 N–H and O–H groups in total. The number of benzene rings is 1. The maximum atomic E-state index is 5.38. The van der Waals surface area contributed by atoms with Crippen LogP contribution in [-0.4, -0.2) is 26.3 Å². The second-order valence-electron chi connectivity index (χ2n) is 4.03. The van der Waals surface area contributed by atoms with Gasteiger partial charge in [-0.2, -0.15) is 0 Å². The maximum absolute atomic E-state index is 5.38. The summed E-state index contributed by atoms with van der Waals surface area (Å²) in [6.45, 7) is 5.77. The quantitative estimate of drug-likeness (QED) is 0.906. The normalized spacial score (nSPS) is 18.5. The van der Waals surface area contributed by atoms with Gasteiger partial charge < -0.3 is 10.1 Å². The predicted octanol–water partition coefficient (Wildman–Crippen LogP) is 2.33. The fraction of sp³-hybridized carbons (Fsp3) is 0.500. The molecule has 15 heavy (non-hydrogen) atoms. The second-order valence-corrected chi connectivity index (χ2v) is 4.89. The number of hydrogen-bond donors (Lipinski definition) is 1. The lowest BCUT2D eigenvalue weighted by molar-refractivity contribution is -0.0591.